The Kier molecular flexibility index (Phi) is 8.33. The Balaban J connectivity index is 1.56. The maximum atomic E-state index is 13.2. The van der Waals surface area contributed by atoms with Gasteiger partial charge in [-0.25, -0.2) is 4.98 Å². The highest BCUT2D eigenvalue weighted by molar-refractivity contribution is 5.83. The number of aromatic nitrogens is 1. The molecule has 0 bridgehead atoms. The molecule has 222 valence electrons. The van der Waals surface area contributed by atoms with Crippen LogP contribution in [0.5, 0.6) is 17.4 Å². The van der Waals surface area contributed by atoms with E-state index < -0.39 is 5.60 Å². The molecular weight excluding hydrogens is 528 g/mol. The van der Waals surface area contributed by atoms with Crippen LogP contribution in [-0.4, -0.2) is 48.3 Å². The van der Waals surface area contributed by atoms with E-state index in [2.05, 4.69) is 51.1 Å². The summed E-state index contributed by atoms with van der Waals surface area (Å²) in [6.07, 6.45) is 5.72. The number of carbonyl (C=O) groups is 1. The van der Waals surface area contributed by atoms with E-state index in [9.17, 15) is 9.90 Å². The second kappa shape index (κ2) is 11.8. The lowest BCUT2D eigenvalue weighted by molar-refractivity contribution is -0.129. The van der Waals surface area contributed by atoms with Crippen LogP contribution in [0.4, 0.5) is 0 Å². The highest BCUT2D eigenvalue weighted by Gasteiger charge is 2.39. The van der Waals surface area contributed by atoms with Gasteiger partial charge in [0.05, 0.1) is 38.7 Å². The predicted molar refractivity (Wildman–Crippen MR) is 164 cm³/mol. The molecule has 2 heterocycles. The molecule has 1 amide bonds. The molecule has 5 rings (SSSR count). The van der Waals surface area contributed by atoms with Crippen molar-refractivity contribution in [1.82, 2.24) is 9.88 Å². The van der Waals surface area contributed by atoms with Gasteiger partial charge >= 0.3 is 0 Å². The van der Waals surface area contributed by atoms with Gasteiger partial charge in [-0.3, -0.25) is 4.79 Å². The fourth-order valence-corrected chi connectivity index (χ4v) is 5.85. The van der Waals surface area contributed by atoms with E-state index >= 15 is 0 Å². The minimum Gasteiger partial charge on any atom is -0.497 e. The number of ether oxygens (including phenoxy) is 3. The summed E-state index contributed by atoms with van der Waals surface area (Å²) in [5, 5.41) is 11.1. The number of pyridine rings is 1. The van der Waals surface area contributed by atoms with Crippen LogP contribution in [0.1, 0.15) is 80.8 Å². The molecule has 7 heteroatoms. The number of benzene rings is 2. The van der Waals surface area contributed by atoms with E-state index in [1.54, 1.807) is 21.3 Å². The summed E-state index contributed by atoms with van der Waals surface area (Å²) in [5.41, 5.74) is 4.69. The normalized spacial score (nSPS) is 18.5. The summed E-state index contributed by atoms with van der Waals surface area (Å²) in [5.74, 6) is 1.93. The summed E-state index contributed by atoms with van der Waals surface area (Å²) in [6.45, 7) is 7.02. The fraction of sp³-hybridized carbons (Fsp3) is 0.429. The zero-order valence-electron chi connectivity index (χ0n) is 25.6. The Morgan fingerprint density at radius 2 is 1.76 bits per heavy atom. The minimum absolute atomic E-state index is 0.0236. The van der Waals surface area contributed by atoms with Crippen molar-refractivity contribution in [2.75, 3.05) is 21.3 Å². The van der Waals surface area contributed by atoms with Gasteiger partial charge in [0, 0.05) is 35.7 Å². The average Bonchev–Trinajstić information content (AvgIpc) is 3.32. The van der Waals surface area contributed by atoms with E-state index in [1.165, 1.54) is 5.56 Å². The second-order valence-electron chi connectivity index (χ2n) is 12.4. The first-order chi connectivity index (χ1) is 20.1. The second-order valence-corrected chi connectivity index (χ2v) is 12.4. The molecule has 1 atom stereocenters. The number of methoxy groups -OCH3 is 3. The number of likely N-dealkylation sites (tertiary alicyclic amines) is 1. The molecule has 1 saturated carbocycles. The van der Waals surface area contributed by atoms with Gasteiger partial charge in [0.25, 0.3) is 0 Å². The van der Waals surface area contributed by atoms with E-state index in [1.807, 2.05) is 35.2 Å². The van der Waals surface area contributed by atoms with Gasteiger partial charge in [0.1, 0.15) is 11.5 Å². The molecule has 1 unspecified atom stereocenters. The lowest BCUT2D eigenvalue weighted by Gasteiger charge is -2.37. The van der Waals surface area contributed by atoms with Gasteiger partial charge < -0.3 is 24.2 Å². The first kappa shape index (κ1) is 29.6. The third kappa shape index (κ3) is 5.88. The van der Waals surface area contributed by atoms with Crippen LogP contribution in [0.15, 0.2) is 60.7 Å². The van der Waals surface area contributed by atoms with E-state index in [4.69, 9.17) is 19.2 Å². The van der Waals surface area contributed by atoms with Gasteiger partial charge in [-0.05, 0) is 66.5 Å². The number of rotatable bonds is 9. The average molecular weight is 571 g/mol. The van der Waals surface area contributed by atoms with Crippen LogP contribution in [0.2, 0.25) is 0 Å². The van der Waals surface area contributed by atoms with Crippen LogP contribution >= 0.6 is 0 Å². The zero-order valence-corrected chi connectivity index (χ0v) is 25.6. The Morgan fingerprint density at radius 3 is 2.36 bits per heavy atom. The predicted octanol–water partition coefficient (Wildman–Crippen LogP) is 6.40. The molecule has 1 saturated heterocycles. The number of nitrogens with zero attached hydrogens (tertiary/aromatic N) is 2. The molecule has 0 radical (unpaired) electrons. The summed E-state index contributed by atoms with van der Waals surface area (Å²) < 4.78 is 16.7. The molecule has 42 heavy (non-hydrogen) atoms. The zero-order chi connectivity index (χ0) is 30.1. The number of hydrogen-bond donors (Lipinski definition) is 1. The van der Waals surface area contributed by atoms with Crippen molar-refractivity contribution in [3.8, 4) is 17.4 Å². The summed E-state index contributed by atoms with van der Waals surface area (Å²) >= 11 is 0. The van der Waals surface area contributed by atoms with Crippen molar-refractivity contribution in [2.24, 2.45) is 0 Å². The number of carbonyl (C=O) groups excluding carboxylic acids is 1. The van der Waals surface area contributed by atoms with Crippen molar-refractivity contribution in [3.63, 3.8) is 0 Å². The summed E-state index contributed by atoms with van der Waals surface area (Å²) in [7, 11) is 4.85. The molecule has 2 aliphatic rings. The number of amides is 1. The molecule has 1 aliphatic heterocycles. The van der Waals surface area contributed by atoms with Crippen molar-refractivity contribution in [1.29, 1.82) is 0 Å². The highest BCUT2D eigenvalue weighted by Crippen LogP contribution is 2.45. The number of hydrogen-bond acceptors (Lipinski definition) is 6. The molecule has 0 spiro atoms. The Morgan fingerprint density at radius 1 is 1.02 bits per heavy atom. The lowest BCUT2D eigenvalue weighted by atomic mass is 9.75. The largest absolute Gasteiger partial charge is 0.497 e. The van der Waals surface area contributed by atoms with E-state index in [0.717, 1.165) is 34.4 Å². The van der Waals surface area contributed by atoms with Gasteiger partial charge in [0.2, 0.25) is 11.8 Å². The SMILES string of the molecule is COc1ccc(CN2C(=O)CCC2C=C(c2ccc(C(C)(C)C)cc2)c2ccc(C3(O)CCC3)c(OC)n2)c(OC)c1. The lowest BCUT2D eigenvalue weighted by Crippen LogP contribution is -2.34. The van der Waals surface area contributed by atoms with Crippen molar-refractivity contribution in [3.05, 3.63) is 88.6 Å². The van der Waals surface area contributed by atoms with Crippen LogP contribution in [0, 0.1) is 0 Å². The Labute approximate surface area is 249 Å². The van der Waals surface area contributed by atoms with Crippen LogP contribution in [0.25, 0.3) is 5.57 Å². The van der Waals surface area contributed by atoms with Gasteiger partial charge in [-0.2, -0.15) is 0 Å². The highest BCUT2D eigenvalue weighted by atomic mass is 16.5. The van der Waals surface area contributed by atoms with Crippen LogP contribution in [-0.2, 0) is 22.4 Å². The smallest absolute Gasteiger partial charge is 0.223 e. The molecule has 1 N–H and O–H groups in total. The topological polar surface area (TPSA) is 81.1 Å². The monoisotopic (exact) mass is 570 g/mol. The summed E-state index contributed by atoms with van der Waals surface area (Å²) in [4.78, 5) is 20.0. The number of aliphatic hydroxyl groups is 1. The van der Waals surface area contributed by atoms with Gasteiger partial charge in [-0.1, -0.05) is 51.1 Å². The minimum atomic E-state index is -0.888. The van der Waals surface area contributed by atoms with Crippen LogP contribution < -0.4 is 14.2 Å². The molecule has 2 aromatic carbocycles. The first-order valence-corrected chi connectivity index (χ1v) is 14.7. The third-order valence-corrected chi connectivity index (χ3v) is 8.64. The quantitative estimate of drug-likeness (QED) is 0.321. The van der Waals surface area contributed by atoms with E-state index in [0.29, 0.717) is 49.6 Å². The van der Waals surface area contributed by atoms with Gasteiger partial charge in [-0.15, -0.1) is 0 Å². The molecule has 1 aromatic heterocycles. The van der Waals surface area contributed by atoms with E-state index in [-0.39, 0.29) is 17.4 Å². The van der Waals surface area contributed by atoms with Crippen molar-refractivity contribution >= 4 is 11.5 Å². The maximum Gasteiger partial charge on any atom is 0.223 e. The summed E-state index contributed by atoms with van der Waals surface area (Å²) in [6, 6.07) is 18.0. The van der Waals surface area contributed by atoms with Crippen molar-refractivity contribution < 1.29 is 24.1 Å². The van der Waals surface area contributed by atoms with Gasteiger partial charge in [0.15, 0.2) is 0 Å². The molecular formula is C35H42N2O5. The molecule has 3 aromatic rings. The standard InChI is InChI=1S/C35H42N2O5/c1-34(2,3)25-11-8-23(9-12-25)28(30-16-15-29(33(36-30)42-6)35(39)18-7-19-35)20-26-13-17-32(38)37(26)22-24-10-14-27(40-4)21-31(24)41-5/h8-12,14-16,20-21,26,39H,7,13,17-19,22H2,1-6H3. The Hall–Kier alpha value is -3.84. The molecule has 7 nitrogen and oxygen atoms in total. The third-order valence-electron chi connectivity index (χ3n) is 8.64. The first-order valence-electron chi connectivity index (χ1n) is 14.7. The van der Waals surface area contributed by atoms with Crippen molar-refractivity contribution in [2.45, 2.75) is 76.5 Å². The molecule has 2 fully saturated rings. The van der Waals surface area contributed by atoms with Crippen LogP contribution in [0.3, 0.4) is 0 Å². The molecule has 1 aliphatic carbocycles. The Bertz CT molecular complexity index is 1470. The maximum absolute atomic E-state index is 13.2. The fourth-order valence-electron chi connectivity index (χ4n) is 5.85.